The smallest absolute Gasteiger partial charge is 0.340 e. The second kappa shape index (κ2) is 5.36. The molecule has 0 unspecified atom stereocenters. The Morgan fingerprint density at radius 2 is 1.26 bits per heavy atom. The number of carbonyl (C=O) groups excluding carboxylic acids is 2. The van der Waals surface area contributed by atoms with Gasteiger partial charge in [0.25, 0.3) is 0 Å². The number of phenolic OH excluding ortho intramolecular Hbond substituents is 3. The quantitative estimate of drug-likeness (QED) is 0.183. The highest BCUT2D eigenvalue weighted by Gasteiger charge is 2.42. The molecule has 0 fully saturated rings. The van der Waals surface area contributed by atoms with Gasteiger partial charge < -0.3 is 36.4 Å². The summed E-state index contributed by atoms with van der Waals surface area (Å²) in [6.07, 6.45) is 0. The summed E-state index contributed by atoms with van der Waals surface area (Å²) >= 11 is 0. The van der Waals surface area contributed by atoms with Crippen molar-refractivity contribution >= 4 is 29.2 Å². The summed E-state index contributed by atoms with van der Waals surface area (Å²) in [5.74, 6) is -10.8. The summed E-state index contributed by atoms with van der Waals surface area (Å²) in [4.78, 5) is 48.4. The highest BCUT2D eigenvalue weighted by Crippen LogP contribution is 2.49. The molecule has 0 radical (unpaired) electrons. The van der Waals surface area contributed by atoms with Crippen LogP contribution in [0.5, 0.6) is 23.0 Å². The number of nitrogen functional groups attached to an aromatic ring is 1. The molecule has 11 nitrogen and oxygen atoms in total. The first-order valence-electron chi connectivity index (χ1n) is 7.02. The fourth-order valence-corrected chi connectivity index (χ4v) is 2.95. The number of anilines is 1. The van der Waals surface area contributed by atoms with Crippen LogP contribution in [0.3, 0.4) is 0 Å². The Balaban J connectivity index is 2.54. The topological polar surface area (TPSA) is 216 Å². The van der Waals surface area contributed by atoms with Gasteiger partial charge >= 0.3 is 11.9 Å². The fraction of sp³-hybridized carbons (Fsp3) is 0. The van der Waals surface area contributed by atoms with Crippen LogP contribution in [0.1, 0.15) is 52.6 Å². The number of fused-ring (bicyclic) bond motifs is 2. The van der Waals surface area contributed by atoms with E-state index in [0.717, 1.165) is 0 Å². The van der Waals surface area contributed by atoms with Gasteiger partial charge in [0, 0.05) is 11.1 Å². The van der Waals surface area contributed by atoms with E-state index in [4.69, 9.17) is 10.8 Å². The number of phenols is 4. The second-order valence-corrected chi connectivity index (χ2v) is 5.55. The van der Waals surface area contributed by atoms with Crippen LogP contribution < -0.4 is 5.73 Å². The van der Waals surface area contributed by atoms with Gasteiger partial charge in [0.2, 0.25) is 0 Å². The molecular formula is C16H9NO10. The van der Waals surface area contributed by atoms with Crippen LogP contribution in [0.25, 0.3) is 0 Å². The largest absolute Gasteiger partial charge is 0.507 e. The number of nitrogens with two attached hydrogens (primary N) is 1. The normalized spacial score (nSPS) is 12.4. The number of hydrogen-bond donors (Lipinski definition) is 7. The molecule has 8 N–H and O–H groups in total. The standard InChI is InChI=1S/C16H9NO10/c17-9-12(21)8-7(13(22)14(9)23)10(19)2-1-3(18)5(15(24)25)6(16(26)27)4(2)11(8)20/h1,18,21-23H,17H2,(H,24,25)(H,26,27). The van der Waals surface area contributed by atoms with Gasteiger partial charge in [-0.15, -0.1) is 0 Å². The van der Waals surface area contributed by atoms with Crippen LogP contribution in [-0.2, 0) is 0 Å². The Hall–Kier alpha value is -4.28. The van der Waals surface area contributed by atoms with Crippen molar-refractivity contribution in [1.29, 1.82) is 0 Å². The average molecular weight is 375 g/mol. The number of ketones is 2. The molecule has 0 saturated heterocycles. The number of hydrogen-bond acceptors (Lipinski definition) is 9. The van der Waals surface area contributed by atoms with Gasteiger partial charge in [0.1, 0.15) is 17.0 Å². The number of carboxylic acids is 2. The van der Waals surface area contributed by atoms with Crippen molar-refractivity contribution in [2.24, 2.45) is 0 Å². The molecule has 0 aromatic heterocycles. The molecule has 1 aliphatic carbocycles. The molecule has 0 saturated carbocycles. The minimum absolute atomic E-state index is 0.554. The monoisotopic (exact) mass is 375 g/mol. The zero-order chi connectivity index (χ0) is 20.4. The molecule has 0 amide bonds. The van der Waals surface area contributed by atoms with Gasteiger partial charge in [0.15, 0.2) is 28.8 Å². The minimum atomic E-state index is -1.93. The maximum absolute atomic E-state index is 12.8. The maximum Gasteiger partial charge on any atom is 0.340 e. The molecule has 0 aliphatic heterocycles. The van der Waals surface area contributed by atoms with E-state index in [1.807, 2.05) is 0 Å². The van der Waals surface area contributed by atoms with Crippen molar-refractivity contribution in [3.8, 4) is 23.0 Å². The van der Waals surface area contributed by atoms with Crippen molar-refractivity contribution in [2.75, 3.05) is 5.73 Å². The summed E-state index contributed by atoms with van der Waals surface area (Å²) in [5, 5.41) is 58.1. The van der Waals surface area contributed by atoms with E-state index >= 15 is 0 Å². The molecule has 0 atom stereocenters. The van der Waals surface area contributed by atoms with E-state index in [2.05, 4.69) is 0 Å². The van der Waals surface area contributed by atoms with E-state index in [1.54, 1.807) is 0 Å². The maximum atomic E-state index is 12.8. The van der Waals surface area contributed by atoms with Crippen molar-refractivity contribution in [2.45, 2.75) is 0 Å². The molecule has 0 spiro atoms. The van der Waals surface area contributed by atoms with Gasteiger partial charge in [-0.1, -0.05) is 0 Å². The number of benzene rings is 2. The first-order chi connectivity index (χ1) is 12.5. The van der Waals surface area contributed by atoms with Crippen LogP contribution >= 0.6 is 0 Å². The van der Waals surface area contributed by atoms with E-state index < -0.39 is 85.6 Å². The Labute approximate surface area is 148 Å². The van der Waals surface area contributed by atoms with Crippen LogP contribution in [0.2, 0.25) is 0 Å². The number of aromatic hydroxyl groups is 4. The first-order valence-corrected chi connectivity index (χ1v) is 7.02. The fourth-order valence-electron chi connectivity index (χ4n) is 2.95. The van der Waals surface area contributed by atoms with Crippen molar-refractivity contribution in [3.05, 3.63) is 39.4 Å². The number of carbonyl (C=O) groups is 4. The van der Waals surface area contributed by atoms with E-state index in [9.17, 15) is 44.7 Å². The SMILES string of the molecule is Nc1c(O)c(O)c2c(c1O)C(=O)c1c(cc(O)c(C(=O)O)c1C(=O)O)C2=O. The zero-order valence-electron chi connectivity index (χ0n) is 13.0. The van der Waals surface area contributed by atoms with Gasteiger partial charge in [0.05, 0.1) is 16.7 Å². The average Bonchev–Trinajstić information content (AvgIpc) is 2.59. The molecule has 138 valence electrons. The van der Waals surface area contributed by atoms with E-state index in [1.165, 1.54) is 0 Å². The highest BCUT2D eigenvalue weighted by atomic mass is 16.4. The van der Waals surface area contributed by atoms with E-state index in [0.29, 0.717) is 6.07 Å². The third-order valence-electron chi connectivity index (χ3n) is 4.12. The van der Waals surface area contributed by atoms with Crippen molar-refractivity contribution in [3.63, 3.8) is 0 Å². The highest BCUT2D eigenvalue weighted by molar-refractivity contribution is 6.34. The Morgan fingerprint density at radius 1 is 0.741 bits per heavy atom. The van der Waals surface area contributed by atoms with Crippen molar-refractivity contribution < 1.29 is 49.8 Å². The van der Waals surface area contributed by atoms with Gasteiger partial charge in [-0.3, -0.25) is 9.59 Å². The third-order valence-corrected chi connectivity index (χ3v) is 4.12. The molecule has 27 heavy (non-hydrogen) atoms. The van der Waals surface area contributed by atoms with Crippen molar-refractivity contribution in [1.82, 2.24) is 0 Å². The second-order valence-electron chi connectivity index (χ2n) is 5.55. The van der Waals surface area contributed by atoms with Gasteiger partial charge in [-0.05, 0) is 6.07 Å². The first kappa shape index (κ1) is 17.5. The predicted octanol–water partition coefficient (Wildman–Crippen LogP) is 0.263. The van der Waals surface area contributed by atoms with Crippen LogP contribution in [0.15, 0.2) is 6.07 Å². The lowest BCUT2D eigenvalue weighted by Gasteiger charge is -2.23. The van der Waals surface area contributed by atoms with Crippen LogP contribution in [0.4, 0.5) is 5.69 Å². The number of rotatable bonds is 2. The molecule has 11 heteroatoms. The number of aromatic carboxylic acids is 2. The molecule has 0 bridgehead atoms. The summed E-state index contributed by atoms with van der Waals surface area (Å²) in [7, 11) is 0. The molecule has 0 heterocycles. The Morgan fingerprint density at radius 3 is 1.78 bits per heavy atom. The molecule has 3 rings (SSSR count). The zero-order valence-corrected chi connectivity index (χ0v) is 13.0. The lowest BCUT2D eigenvalue weighted by atomic mass is 9.79. The van der Waals surface area contributed by atoms with Gasteiger partial charge in [-0.25, -0.2) is 9.59 Å². The number of carboxylic acid groups (broad SMARTS) is 2. The Kier molecular flexibility index (Phi) is 3.48. The predicted molar refractivity (Wildman–Crippen MR) is 84.7 cm³/mol. The summed E-state index contributed by atoms with van der Waals surface area (Å²) < 4.78 is 0. The summed E-state index contributed by atoms with van der Waals surface area (Å²) in [6, 6.07) is 0.554. The van der Waals surface area contributed by atoms with Crippen LogP contribution in [0, 0.1) is 0 Å². The molecule has 2 aromatic carbocycles. The summed E-state index contributed by atoms with van der Waals surface area (Å²) in [5.41, 5.74) is -1.20. The Bertz CT molecular complexity index is 1120. The molecular weight excluding hydrogens is 366 g/mol. The minimum Gasteiger partial charge on any atom is -0.507 e. The third kappa shape index (κ3) is 2.08. The molecule has 2 aromatic rings. The van der Waals surface area contributed by atoms with Gasteiger partial charge in [-0.2, -0.15) is 0 Å². The lowest BCUT2D eigenvalue weighted by molar-refractivity contribution is 0.0646. The summed E-state index contributed by atoms with van der Waals surface area (Å²) in [6.45, 7) is 0. The lowest BCUT2D eigenvalue weighted by Crippen LogP contribution is -2.26. The molecule has 1 aliphatic rings. The van der Waals surface area contributed by atoms with Crippen LogP contribution in [-0.4, -0.2) is 54.1 Å². The van der Waals surface area contributed by atoms with E-state index in [-0.39, 0.29) is 0 Å².